The third-order valence-corrected chi connectivity index (χ3v) is 3.53. The van der Waals surface area contributed by atoms with Crippen LogP contribution < -0.4 is 11.1 Å². The van der Waals surface area contributed by atoms with Crippen LogP contribution in [0, 0.1) is 0 Å². The molecule has 5 heteroatoms. The molecule has 94 valence electrons. The van der Waals surface area contributed by atoms with Gasteiger partial charge in [0.15, 0.2) is 0 Å². The van der Waals surface area contributed by atoms with E-state index in [0.717, 1.165) is 29.4 Å². The predicted octanol–water partition coefficient (Wildman–Crippen LogP) is 2.05. The number of hydrogen-bond donors (Lipinski definition) is 2. The molecule has 1 atom stereocenters. The SMILES string of the molecule is CCC(CN)NC(=O)c1cc(Br)cn1C1CC1. The number of nitrogens with zero attached hydrogens (tertiary/aromatic N) is 1. The second-order valence-corrected chi connectivity index (χ2v) is 5.41. The summed E-state index contributed by atoms with van der Waals surface area (Å²) in [7, 11) is 0. The van der Waals surface area contributed by atoms with Crippen LogP contribution in [0.15, 0.2) is 16.7 Å². The van der Waals surface area contributed by atoms with E-state index >= 15 is 0 Å². The number of amides is 1. The first-order valence-electron chi connectivity index (χ1n) is 6.04. The summed E-state index contributed by atoms with van der Waals surface area (Å²) >= 11 is 3.42. The highest BCUT2D eigenvalue weighted by Gasteiger charge is 2.28. The Balaban J connectivity index is 2.12. The number of halogens is 1. The Morgan fingerprint density at radius 1 is 1.71 bits per heavy atom. The lowest BCUT2D eigenvalue weighted by atomic mass is 10.2. The maximum absolute atomic E-state index is 12.1. The number of carbonyl (C=O) groups is 1. The highest BCUT2D eigenvalue weighted by molar-refractivity contribution is 9.10. The van der Waals surface area contributed by atoms with Gasteiger partial charge < -0.3 is 15.6 Å². The Bertz CT molecular complexity index is 408. The van der Waals surface area contributed by atoms with E-state index in [1.165, 1.54) is 0 Å². The van der Waals surface area contributed by atoms with Crippen LogP contribution in [-0.2, 0) is 0 Å². The number of nitrogens with two attached hydrogens (primary N) is 1. The lowest BCUT2D eigenvalue weighted by molar-refractivity contribution is 0.0927. The zero-order chi connectivity index (χ0) is 12.4. The van der Waals surface area contributed by atoms with Crippen LogP contribution in [0.2, 0.25) is 0 Å². The first-order valence-corrected chi connectivity index (χ1v) is 6.83. The highest BCUT2D eigenvalue weighted by atomic mass is 79.9. The van der Waals surface area contributed by atoms with Gasteiger partial charge in [-0.05, 0) is 41.3 Å². The minimum Gasteiger partial charge on any atom is -0.347 e. The summed E-state index contributed by atoms with van der Waals surface area (Å²) in [5.74, 6) is -0.0279. The molecule has 1 heterocycles. The molecule has 3 N–H and O–H groups in total. The van der Waals surface area contributed by atoms with E-state index < -0.39 is 0 Å². The lowest BCUT2D eigenvalue weighted by Crippen LogP contribution is -2.40. The van der Waals surface area contributed by atoms with Crippen LogP contribution in [-0.4, -0.2) is 23.1 Å². The number of nitrogens with one attached hydrogen (secondary N) is 1. The quantitative estimate of drug-likeness (QED) is 0.874. The summed E-state index contributed by atoms with van der Waals surface area (Å²) in [5, 5.41) is 2.96. The summed E-state index contributed by atoms with van der Waals surface area (Å²) in [6.45, 7) is 2.50. The molecule has 1 saturated carbocycles. The van der Waals surface area contributed by atoms with Crippen molar-refractivity contribution in [1.82, 2.24) is 9.88 Å². The number of carbonyl (C=O) groups excluding carboxylic acids is 1. The largest absolute Gasteiger partial charge is 0.347 e. The highest BCUT2D eigenvalue weighted by Crippen LogP contribution is 2.37. The number of hydrogen-bond acceptors (Lipinski definition) is 2. The van der Waals surface area contributed by atoms with E-state index in [1.807, 2.05) is 19.2 Å². The third-order valence-electron chi connectivity index (χ3n) is 3.10. The molecule has 1 aliphatic carbocycles. The first-order chi connectivity index (χ1) is 8.15. The maximum atomic E-state index is 12.1. The molecule has 1 aliphatic rings. The molecule has 0 radical (unpaired) electrons. The van der Waals surface area contributed by atoms with Gasteiger partial charge in [0.25, 0.3) is 5.91 Å². The minimum absolute atomic E-state index is 0.0279. The third kappa shape index (κ3) is 2.90. The van der Waals surface area contributed by atoms with Gasteiger partial charge in [0.05, 0.1) is 0 Å². The normalized spacial score (nSPS) is 16.9. The Morgan fingerprint density at radius 2 is 2.41 bits per heavy atom. The van der Waals surface area contributed by atoms with Crippen molar-refractivity contribution in [3.63, 3.8) is 0 Å². The molecular formula is C12H18BrN3O. The van der Waals surface area contributed by atoms with Crippen molar-refractivity contribution in [2.45, 2.75) is 38.3 Å². The Kier molecular flexibility index (Phi) is 3.89. The summed E-state index contributed by atoms with van der Waals surface area (Å²) in [6, 6.07) is 2.43. The molecule has 4 nitrogen and oxygen atoms in total. The zero-order valence-electron chi connectivity index (χ0n) is 9.95. The van der Waals surface area contributed by atoms with Gasteiger partial charge in [-0.3, -0.25) is 4.79 Å². The molecule has 1 unspecified atom stereocenters. The summed E-state index contributed by atoms with van der Waals surface area (Å²) in [6.07, 6.45) is 5.16. The van der Waals surface area contributed by atoms with E-state index in [1.54, 1.807) is 0 Å². The maximum Gasteiger partial charge on any atom is 0.268 e. The standard InChI is InChI=1S/C12H18BrN3O/c1-2-9(6-14)15-12(17)11-5-8(13)7-16(11)10-3-4-10/h5,7,9-10H,2-4,6,14H2,1H3,(H,15,17). The molecule has 1 aromatic rings. The topological polar surface area (TPSA) is 60.0 Å². The monoisotopic (exact) mass is 299 g/mol. The van der Waals surface area contributed by atoms with Gasteiger partial charge in [-0.25, -0.2) is 0 Å². The van der Waals surface area contributed by atoms with Gasteiger partial charge in [0, 0.05) is 29.3 Å². The Labute approximate surface area is 110 Å². The van der Waals surface area contributed by atoms with Crippen molar-refractivity contribution in [2.24, 2.45) is 5.73 Å². The smallest absolute Gasteiger partial charge is 0.268 e. The van der Waals surface area contributed by atoms with Crippen molar-refractivity contribution in [2.75, 3.05) is 6.54 Å². The molecule has 1 fully saturated rings. The lowest BCUT2D eigenvalue weighted by Gasteiger charge is -2.15. The van der Waals surface area contributed by atoms with E-state index in [4.69, 9.17) is 5.73 Å². The van der Waals surface area contributed by atoms with Crippen LogP contribution >= 0.6 is 15.9 Å². The fourth-order valence-electron chi connectivity index (χ4n) is 1.87. The van der Waals surface area contributed by atoms with E-state index in [9.17, 15) is 4.79 Å². The molecular weight excluding hydrogens is 282 g/mol. The predicted molar refractivity (Wildman–Crippen MR) is 71.0 cm³/mol. The van der Waals surface area contributed by atoms with E-state index in [2.05, 4.69) is 25.8 Å². The average Bonchev–Trinajstić information content (AvgIpc) is 3.09. The molecule has 2 rings (SSSR count). The fraction of sp³-hybridized carbons (Fsp3) is 0.583. The van der Waals surface area contributed by atoms with Gasteiger partial charge in [0.2, 0.25) is 0 Å². The van der Waals surface area contributed by atoms with Crippen molar-refractivity contribution in [3.05, 3.63) is 22.4 Å². The minimum atomic E-state index is -0.0279. The van der Waals surface area contributed by atoms with Gasteiger partial charge in [-0.15, -0.1) is 0 Å². The Hall–Kier alpha value is -0.810. The number of aromatic nitrogens is 1. The summed E-state index contributed by atoms with van der Waals surface area (Å²) < 4.78 is 3.01. The summed E-state index contributed by atoms with van der Waals surface area (Å²) in [4.78, 5) is 12.1. The molecule has 0 aromatic carbocycles. The van der Waals surface area contributed by atoms with E-state index in [-0.39, 0.29) is 11.9 Å². The average molecular weight is 300 g/mol. The molecule has 1 amide bonds. The van der Waals surface area contributed by atoms with E-state index in [0.29, 0.717) is 12.6 Å². The Morgan fingerprint density at radius 3 is 2.94 bits per heavy atom. The van der Waals surface area contributed by atoms with Gasteiger partial charge >= 0.3 is 0 Å². The second-order valence-electron chi connectivity index (χ2n) is 4.50. The van der Waals surface area contributed by atoms with Crippen LogP contribution in [0.5, 0.6) is 0 Å². The van der Waals surface area contributed by atoms with Crippen molar-refractivity contribution in [3.8, 4) is 0 Å². The van der Waals surface area contributed by atoms with Crippen molar-refractivity contribution >= 4 is 21.8 Å². The van der Waals surface area contributed by atoms with Gasteiger partial charge in [0.1, 0.15) is 5.69 Å². The molecule has 0 spiro atoms. The van der Waals surface area contributed by atoms with Crippen LogP contribution in [0.25, 0.3) is 0 Å². The molecule has 1 aromatic heterocycles. The fourth-order valence-corrected chi connectivity index (χ4v) is 2.31. The van der Waals surface area contributed by atoms with Crippen LogP contribution in [0.3, 0.4) is 0 Å². The van der Waals surface area contributed by atoms with Crippen LogP contribution in [0.4, 0.5) is 0 Å². The van der Waals surface area contributed by atoms with Crippen molar-refractivity contribution in [1.29, 1.82) is 0 Å². The molecule has 0 bridgehead atoms. The zero-order valence-corrected chi connectivity index (χ0v) is 11.5. The van der Waals surface area contributed by atoms with Crippen LogP contribution in [0.1, 0.15) is 42.7 Å². The second kappa shape index (κ2) is 5.23. The first kappa shape index (κ1) is 12.6. The molecule has 17 heavy (non-hydrogen) atoms. The number of rotatable bonds is 5. The molecule has 0 saturated heterocycles. The van der Waals surface area contributed by atoms with Gasteiger partial charge in [-0.2, -0.15) is 0 Å². The summed E-state index contributed by atoms with van der Waals surface area (Å²) in [5.41, 5.74) is 6.32. The molecule has 0 aliphatic heterocycles. The van der Waals surface area contributed by atoms with Crippen molar-refractivity contribution < 1.29 is 4.79 Å². The van der Waals surface area contributed by atoms with Gasteiger partial charge in [-0.1, -0.05) is 6.92 Å².